The van der Waals surface area contributed by atoms with E-state index in [1.165, 1.54) is 61.9 Å². The van der Waals surface area contributed by atoms with Crippen molar-refractivity contribution in [1.82, 2.24) is 0 Å². The van der Waals surface area contributed by atoms with Gasteiger partial charge in [0.15, 0.2) is 0 Å². The summed E-state index contributed by atoms with van der Waals surface area (Å²) in [6.07, 6.45) is 4.72. The van der Waals surface area contributed by atoms with E-state index in [4.69, 9.17) is 0 Å². The van der Waals surface area contributed by atoms with Crippen LogP contribution in [0.3, 0.4) is 0 Å². The van der Waals surface area contributed by atoms with Crippen LogP contribution < -0.4 is 20.9 Å². The van der Waals surface area contributed by atoms with E-state index in [0.717, 1.165) is 11.5 Å². The van der Waals surface area contributed by atoms with Gasteiger partial charge in [0.05, 0.1) is 0 Å². The third-order valence-electron chi connectivity index (χ3n) is 5.32. The molecular formula is C22H12Br2S3. The van der Waals surface area contributed by atoms with Crippen molar-refractivity contribution in [2.75, 3.05) is 11.5 Å². The number of fused-ring (bicyclic) bond motifs is 4. The first kappa shape index (κ1) is 17.3. The molecule has 0 amide bonds. The monoisotopic (exact) mass is 530 g/mol. The largest absolute Gasteiger partial charge is 0.129 e. The van der Waals surface area contributed by atoms with E-state index in [-0.39, 0.29) is 0 Å². The minimum atomic E-state index is 1.09. The molecule has 0 unspecified atom stereocenters. The minimum absolute atomic E-state index is 1.09. The van der Waals surface area contributed by atoms with Crippen molar-refractivity contribution in [3.05, 3.63) is 76.0 Å². The zero-order valence-corrected chi connectivity index (χ0v) is 19.6. The Kier molecular flexibility index (Phi) is 4.14. The van der Waals surface area contributed by atoms with Crippen LogP contribution in [0.5, 0.6) is 0 Å². The van der Waals surface area contributed by atoms with Gasteiger partial charge in [0.2, 0.25) is 0 Å². The Morgan fingerprint density at radius 2 is 1.19 bits per heavy atom. The molecule has 2 aliphatic heterocycles. The van der Waals surface area contributed by atoms with Crippen LogP contribution in [-0.2, 0) is 0 Å². The van der Waals surface area contributed by atoms with Gasteiger partial charge >= 0.3 is 0 Å². The van der Waals surface area contributed by atoms with E-state index in [2.05, 4.69) is 79.1 Å². The fourth-order valence-corrected chi connectivity index (χ4v) is 8.22. The third-order valence-corrected chi connectivity index (χ3v) is 10.2. The highest BCUT2D eigenvalue weighted by Gasteiger charge is 2.22. The lowest BCUT2D eigenvalue weighted by Gasteiger charge is -2.09. The van der Waals surface area contributed by atoms with Crippen molar-refractivity contribution in [2.45, 2.75) is 9.79 Å². The molecule has 0 atom stereocenters. The number of rotatable bonds is 2. The van der Waals surface area contributed by atoms with E-state index in [9.17, 15) is 0 Å². The van der Waals surface area contributed by atoms with Gasteiger partial charge in [-0.15, -0.1) is 23.5 Å². The minimum Gasteiger partial charge on any atom is -0.129 e. The highest BCUT2D eigenvalue weighted by Crippen LogP contribution is 2.37. The van der Waals surface area contributed by atoms with Crippen LogP contribution >= 0.6 is 67.1 Å². The molecule has 0 nitrogen and oxygen atoms in total. The number of benzene rings is 2. The van der Waals surface area contributed by atoms with E-state index in [1.54, 1.807) is 0 Å². The molecule has 6 rings (SSSR count). The van der Waals surface area contributed by atoms with Gasteiger partial charge in [-0.1, -0.05) is 23.9 Å². The quantitative estimate of drug-likeness (QED) is 0.559. The second-order valence-corrected chi connectivity index (χ2v) is 11.2. The average molecular weight is 532 g/mol. The molecule has 0 aromatic heterocycles. The lowest BCUT2D eigenvalue weighted by Crippen LogP contribution is -2.28. The normalized spacial score (nSPS) is 18.4. The molecule has 0 N–H and O–H groups in total. The molecule has 0 fully saturated rings. The molecule has 2 heterocycles. The van der Waals surface area contributed by atoms with Crippen molar-refractivity contribution in [1.29, 1.82) is 0 Å². The number of halogens is 2. The maximum atomic E-state index is 3.82. The first-order chi connectivity index (χ1) is 13.2. The smallest absolute Gasteiger partial charge is 0.0343 e. The predicted octanol–water partition coefficient (Wildman–Crippen LogP) is 4.51. The lowest BCUT2D eigenvalue weighted by atomic mass is 10.1. The van der Waals surface area contributed by atoms with E-state index < -0.39 is 0 Å². The fraction of sp³-hybridized carbons (Fsp3) is 0.0909. The van der Waals surface area contributed by atoms with Crippen molar-refractivity contribution >= 4 is 90.4 Å². The summed E-state index contributed by atoms with van der Waals surface area (Å²) in [5, 5.41) is 10.1. The molecule has 0 radical (unpaired) electrons. The van der Waals surface area contributed by atoms with Crippen LogP contribution in [0.2, 0.25) is 0 Å². The van der Waals surface area contributed by atoms with Crippen LogP contribution in [0.4, 0.5) is 0 Å². The summed E-state index contributed by atoms with van der Waals surface area (Å²) in [5.74, 6) is 2.18. The molecule has 2 aliphatic carbocycles. The van der Waals surface area contributed by atoms with Gasteiger partial charge in [-0.2, -0.15) is 0 Å². The molecule has 5 heteroatoms. The Morgan fingerprint density at radius 3 is 1.67 bits per heavy atom. The first-order valence-corrected chi connectivity index (χ1v) is 13.1. The van der Waals surface area contributed by atoms with Gasteiger partial charge in [-0.25, -0.2) is 0 Å². The van der Waals surface area contributed by atoms with E-state index in [1.807, 2.05) is 35.3 Å². The number of hydrogen-bond acceptors (Lipinski definition) is 3. The van der Waals surface area contributed by atoms with Crippen molar-refractivity contribution < 1.29 is 0 Å². The van der Waals surface area contributed by atoms with Gasteiger partial charge in [-0.05, 0) is 110 Å². The summed E-state index contributed by atoms with van der Waals surface area (Å²) in [4.78, 5) is 2.63. The second kappa shape index (κ2) is 6.46. The zero-order chi connectivity index (χ0) is 18.1. The number of thioether (sulfide) groups is 2. The van der Waals surface area contributed by atoms with Crippen LogP contribution in [0.1, 0.15) is 0 Å². The fourth-order valence-electron chi connectivity index (χ4n) is 4.03. The van der Waals surface area contributed by atoms with Crippen LogP contribution in [-0.4, -0.2) is 11.5 Å². The molecule has 132 valence electrons. The average Bonchev–Trinajstić information content (AvgIpc) is 3.39. The Bertz CT molecular complexity index is 1260. The topological polar surface area (TPSA) is 0 Å². The van der Waals surface area contributed by atoms with Crippen LogP contribution in [0, 0.1) is 0 Å². The number of allylic oxidation sites excluding steroid dienone is 2. The second-order valence-electron chi connectivity index (χ2n) is 6.79. The molecule has 4 aliphatic rings. The molecule has 2 aromatic rings. The Morgan fingerprint density at radius 1 is 0.704 bits per heavy atom. The highest BCUT2D eigenvalue weighted by molar-refractivity contribution is 9.11. The maximum absolute atomic E-state index is 3.82. The van der Waals surface area contributed by atoms with Crippen molar-refractivity contribution in [3.8, 4) is 0 Å². The highest BCUT2D eigenvalue weighted by atomic mass is 79.9. The summed E-state index contributed by atoms with van der Waals surface area (Å²) in [5.41, 5.74) is 5.76. The van der Waals surface area contributed by atoms with Gasteiger partial charge in [0.1, 0.15) is 0 Å². The third kappa shape index (κ3) is 2.58. The van der Waals surface area contributed by atoms with Crippen molar-refractivity contribution in [3.63, 3.8) is 0 Å². The molecule has 0 spiro atoms. The number of hydrogen-bond donors (Lipinski definition) is 0. The zero-order valence-electron chi connectivity index (χ0n) is 14.0. The standard InChI is InChI=1S/C22H12Br2S3/c23-19-3-1-13-15(5-11-7-25-9-17(11)13)21(19)27-22-16-6-12-8-26-10-18(12)14(16)2-4-20(22)24/h1-8H,9-10H2. The summed E-state index contributed by atoms with van der Waals surface area (Å²) in [7, 11) is 0. The van der Waals surface area contributed by atoms with E-state index in [0.29, 0.717) is 0 Å². The van der Waals surface area contributed by atoms with Gasteiger partial charge in [0.25, 0.3) is 0 Å². The molecule has 2 aromatic carbocycles. The Balaban J connectivity index is 1.60. The SMILES string of the molecule is Brc1ccc2c(c1Sc1c(Br)ccc3c1=CC1=CSCC=31)=CC1=CSCC=21. The van der Waals surface area contributed by atoms with Crippen LogP contribution in [0.15, 0.2) is 65.0 Å². The summed E-state index contributed by atoms with van der Waals surface area (Å²) >= 11 is 13.3. The summed E-state index contributed by atoms with van der Waals surface area (Å²) in [6, 6.07) is 8.94. The molecule has 0 saturated carbocycles. The van der Waals surface area contributed by atoms with Crippen LogP contribution in [0.25, 0.3) is 23.3 Å². The molecular weight excluding hydrogens is 520 g/mol. The molecule has 0 saturated heterocycles. The van der Waals surface area contributed by atoms with Crippen molar-refractivity contribution in [2.24, 2.45) is 0 Å². The van der Waals surface area contributed by atoms with Gasteiger partial charge < -0.3 is 0 Å². The summed E-state index contributed by atoms with van der Waals surface area (Å²) in [6.45, 7) is 0. The van der Waals surface area contributed by atoms with Gasteiger partial charge in [0, 0.05) is 30.2 Å². The van der Waals surface area contributed by atoms with Gasteiger partial charge in [-0.3, -0.25) is 0 Å². The van der Waals surface area contributed by atoms with E-state index >= 15 is 0 Å². The predicted molar refractivity (Wildman–Crippen MR) is 128 cm³/mol. The summed E-state index contributed by atoms with van der Waals surface area (Å²) < 4.78 is 2.34. The lowest BCUT2D eigenvalue weighted by molar-refractivity contribution is 1.25. The Hall–Kier alpha value is -0.590. The molecule has 0 bridgehead atoms. The maximum Gasteiger partial charge on any atom is 0.0343 e. The Labute approximate surface area is 186 Å². The molecule has 27 heavy (non-hydrogen) atoms. The first-order valence-electron chi connectivity index (χ1n) is 8.60.